The summed E-state index contributed by atoms with van der Waals surface area (Å²) < 4.78 is 5.58. The van der Waals surface area contributed by atoms with E-state index in [4.69, 9.17) is 10.5 Å². The summed E-state index contributed by atoms with van der Waals surface area (Å²) in [4.78, 5) is 2.27. The Kier molecular flexibility index (Phi) is 6.12. The van der Waals surface area contributed by atoms with E-state index in [9.17, 15) is 0 Å². The van der Waals surface area contributed by atoms with E-state index in [1.54, 1.807) is 11.3 Å². The minimum Gasteiger partial charge on any atom is -0.377 e. The van der Waals surface area contributed by atoms with Gasteiger partial charge in [0, 0.05) is 12.6 Å². The molecule has 2 atom stereocenters. The molecule has 4 heteroatoms. The van der Waals surface area contributed by atoms with E-state index in [2.05, 4.69) is 49.5 Å². The number of rotatable bonds is 7. The van der Waals surface area contributed by atoms with Crippen LogP contribution in [0.4, 0.5) is 0 Å². The molecule has 0 saturated carbocycles. The maximum atomic E-state index is 6.08. The number of ether oxygens (including phenoxy) is 1. The van der Waals surface area contributed by atoms with Gasteiger partial charge in [-0.3, -0.25) is 4.90 Å². The quantitative estimate of drug-likeness (QED) is 0.814. The number of hydrogen-bond acceptors (Lipinski definition) is 4. The molecule has 0 saturated heterocycles. The zero-order valence-corrected chi connectivity index (χ0v) is 12.0. The van der Waals surface area contributed by atoms with E-state index < -0.39 is 0 Å². The van der Waals surface area contributed by atoms with E-state index in [1.165, 1.54) is 5.56 Å². The molecule has 1 rings (SSSR count). The summed E-state index contributed by atoms with van der Waals surface area (Å²) >= 11 is 1.72. The van der Waals surface area contributed by atoms with Crippen molar-refractivity contribution in [3.05, 3.63) is 22.4 Å². The summed E-state index contributed by atoms with van der Waals surface area (Å²) in [6, 6.07) is 2.55. The summed E-state index contributed by atoms with van der Waals surface area (Å²) in [6.45, 7) is 7.83. The van der Waals surface area contributed by atoms with E-state index in [-0.39, 0.29) is 12.1 Å². The van der Waals surface area contributed by atoms with Crippen molar-refractivity contribution < 1.29 is 4.74 Å². The van der Waals surface area contributed by atoms with Gasteiger partial charge in [0.05, 0.1) is 18.8 Å². The topological polar surface area (TPSA) is 38.5 Å². The van der Waals surface area contributed by atoms with Crippen molar-refractivity contribution in [2.45, 2.75) is 39.0 Å². The highest BCUT2D eigenvalue weighted by atomic mass is 32.1. The fraction of sp³-hybridized carbons (Fsp3) is 0.692. The third-order valence-corrected chi connectivity index (χ3v) is 3.45. The molecular formula is C13H24N2OS. The smallest absolute Gasteiger partial charge is 0.0597 e. The van der Waals surface area contributed by atoms with Crippen molar-refractivity contribution in [1.82, 2.24) is 4.90 Å². The number of likely N-dealkylation sites (N-methyl/N-ethyl adjacent to an activating group) is 1. The molecule has 2 unspecified atom stereocenters. The van der Waals surface area contributed by atoms with Crippen LogP contribution in [0.15, 0.2) is 16.8 Å². The van der Waals surface area contributed by atoms with Crippen LogP contribution in [0.1, 0.15) is 32.4 Å². The second-order valence-electron chi connectivity index (χ2n) is 4.76. The van der Waals surface area contributed by atoms with Crippen LogP contribution >= 0.6 is 11.3 Å². The van der Waals surface area contributed by atoms with Gasteiger partial charge < -0.3 is 10.5 Å². The van der Waals surface area contributed by atoms with Crippen molar-refractivity contribution in [2.24, 2.45) is 5.73 Å². The standard InChI is InChI=1S/C13H24N2OS/c1-10(2)16-7-6-15(4)13(11(3)14)12-5-8-17-9-12/h5,8-11,13H,6-7,14H2,1-4H3. The second-order valence-corrected chi connectivity index (χ2v) is 5.54. The molecular weight excluding hydrogens is 232 g/mol. The fourth-order valence-corrected chi connectivity index (χ4v) is 2.66. The van der Waals surface area contributed by atoms with Crippen LogP contribution in [0.25, 0.3) is 0 Å². The maximum absolute atomic E-state index is 6.08. The molecule has 1 aromatic rings. The molecule has 0 radical (unpaired) electrons. The molecule has 1 aromatic heterocycles. The van der Waals surface area contributed by atoms with Crippen molar-refractivity contribution in [2.75, 3.05) is 20.2 Å². The molecule has 0 aliphatic heterocycles. The molecule has 0 fully saturated rings. The van der Waals surface area contributed by atoms with Crippen molar-refractivity contribution in [3.8, 4) is 0 Å². The minimum atomic E-state index is 0.119. The molecule has 98 valence electrons. The van der Waals surface area contributed by atoms with E-state index in [0.717, 1.165) is 13.2 Å². The summed E-state index contributed by atoms with van der Waals surface area (Å²) in [7, 11) is 2.11. The van der Waals surface area contributed by atoms with Gasteiger partial charge in [0.15, 0.2) is 0 Å². The molecule has 0 bridgehead atoms. The zero-order valence-electron chi connectivity index (χ0n) is 11.2. The molecule has 0 spiro atoms. The maximum Gasteiger partial charge on any atom is 0.0597 e. The van der Waals surface area contributed by atoms with Crippen LogP contribution in [0.3, 0.4) is 0 Å². The lowest BCUT2D eigenvalue weighted by atomic mass is 10.0. The highest BCUT2D eigenvalue weighted by Gasteiger charge is 2.21. The van der Waals surface area contributed by atoms with Gasteiger partial charge in [-0.25, -0.2) is 0 Å². The minimum absolute atomic E-state index is 0.119. The Bertz CT molecular complexity index is 298. The Morgan fingerprint density at radius 2 is 2.12 bits per heavy atom. The first kappa shape index (κ1) is 14.6. The van der Waals surface area contributed by atoms with Gasteiger partial charge in [-0.2, -0.15) is 11.3 Å². The number of nitrogens with zero attached hydrogens (tertiary/aromatic N) is 1. The van der Waals surface area contributed by atoms with Crippen molar-refractivity contribution >= 4 is 11.3 Å². The van der Waals surface area contributed by atoms with Crippen LogP contribution in [-0.4, -0.2) is 37.2 Å². The first-order valence-corrected chi connectivity index (χ1v) is 7.06. The van der Waals surface area contributed by atoms with Crippen LogP contribution in [-0.2, 0) is 4.74 Å². The summed E-state index contributed by atoms with van der Waals surface area (Å²) in [5, 5.41) is 4.27. The summed E-state index contributed by atoms with van der Waals surface area (Å²) in [5.74, 6) is 0. The Morgan fingerprint density at radius 1 is 1.41 bits per heavy atom. The highest BCUT2D eigenvalue weighted by molar-refractivity contribution is 7.07. The molecule has 3 nitrogen and oxygen atoms in total. The lowest BCUT2D eigenvalue weighted by Gasteiger charge is -2.30. The van der Waals surface area contributed by atoms with Gasteiger partial charge in [0.1, 0.15) is 0 Å². The van der Waals surface area contributed by atoms with Gasteiger partial charge in [0.25, 0.3) is 0 Å². The van der Waals surface area contributed by atoms with Gasteiger partial charge >= 0.3 is 0 Å². The van der Waals surface area contributed by atoms with E-state index in [0.29, 0.717) is 6.10 Å². The third kappa shape index (κ3) is 4.76. The first-order chi connectivity index (χ1) is 8.02. The SMILES string of the molecule is CC(C)OCCN(C)C(c1ccsc1)C(C)N. The molecule has 0 aliphatic carbocycles. The largest absolute Gasteiger partial charge is 0.377 e. The Labute approximate surface area is 109 Å². The third-order valence-electron chi connectivity index (χ3n) is 2.75. The predicted molar refractivity (Wildman–Crippen MR) is 74.4 cm³/mol. The highest BCUT2D eigenvalue weighted by Crippen LogP contribution is 2.24. The van der Waals surface area contributed by atoms with Crippen LogP contribution < -0.4 is 5.73 Å². The Morgan fingerprint density at radius 3 is 2.59 bits per heavy atom. The summed E-state index contributed by atoms with van der Waals surface area (Å²) in [6.07, 6.45) is 0.290. The van der Waals surface area contributed by atoms with Crippen LogP contribution in [0.2, 0.25) is 0 Å². The second kappa shape index (κ2) is 7.11. The lowest BCUT2D eigenvalue weighted by Crippen LogP contribution is -2.38. The average Bonchev–Trinajstić information content (AvgIpc) is 2.69. The van der Waals surface area contributed by atoms with Crippen LogP contribution in [0.5, 0.6) is 0 Å². The van der Waals surface area contributed by atoms with Gasteiger partial charge in [-0.05, 0) is 50.2 Å². The molecule has 0 aliphatic rings. The predicted octanol–water partition coefficient (Wildman–Crippen LogP) is 2.49. The molecule has 2 N–H and O–H groups in total. The van der Waals surface area contributed by atoms with Crippen LogP contribution in [0, 0.1) is 0 Å². The Hall–Kier alpha value is -0.420. The van der Waals surface area contributed by atoms with Gasteiger partial charge in [-0.15, -0.1) is 0 Å². The van der Waals surface area contributed by atoms with E-state index in [1.807, 2.05) is 0 Å². The van der Waals surface area contributed by atoms with Gasteiger partial charge in [-0.1, -0.05) is 0 Å². The molecule has 1 heterocycles. The van der Waals surface area contributed by atoms with Gasteiger partial charge in [0.2, 0.25) is 0 Å². The number of hydrogen-bond donors (Lipinski definition) is 1. The normalized spacial score (nSPS) is 15.5. The van der Waals surface area contributed by atoms with Crippen molar-refractivity contribution in [3.63, 3.8) is 0 Å². The number of nitrogens with two attached hydrogens (primary N) is 1. The zero-order chi connectivity index (χ0) is 12.8. The lowest BCUT2D eigenvalue weighted by molar-refractivity contribution is 0.0536. The van der Waals surface area contributed by atoms with Crippen molar-refractivity contribution in [1.29, 1.82) is 0 Å². The summed E-state index contributed by atoms with van der Waals surface area (Å²) in [5.41, 5.74) is 7.39. The number of thiophene rings is 1. The molecule has 0 amide bonds. The fourth-order valence-electron chi connectivity index (χ4n) is 1.97. The average molecular weight is 256 g/mol. The van der Waals surface area contributed by atoms with E-state index >= 15 is 0 Å². The molecule has 0 aromatic carbocycles. The monoisotopic (exact) mass is 256 g/mol. The first-order valence-electron chi connectivity index (χ1n) is 6.12. The molecule has 17 heavy (non-hydrogen) atoms. The Balaban J connectivity index is 2.53.